The zero-order chi connectivity index (χ0) is 21.3. The molecule has 158 valence electrons. The van der Waals surface area contributed by atoms with Crippen molar-refractivity contribution < 1.29 is 9.84 Å². The van der Waals surface area contributed by atoms with Crippen LogP contribution in [0.1, 0.15) is 43.1 Å². The first-order valence-electron chi connectivity index (χ1n) is 10.2. The Balaban J connectivity index is 1.82. The molecule has 0 radical (unpaired) electrons. The Morgan fingerprint density at radius 3 is 2.60 bits per heavy atom. The molecule has 3 aromatic rings. The van der Waals surface area contributed by atoms with E-state index in [0.717, 1.165) is 31.4 Å². The zero-order valence-corrected chi connectivity index (χ0v) is 17.2. The summed E-state index contributed by atoms with van der Waals surface area (Å²) in [6.45, 7) is 4.06. The van der Waals surface area contributed by atoms with Crippen LogP contribution in [0.3, 0.4) is 0 Å². The van der Waals surface area contributed by atoms with E-state index in [1.165, 1.54) is 0 Å². The van der Waals surface area contributed by atoms with Gasteiger partial charge in [0.25, 0.3) is 5.56 Å². The molecule has 0 aliphatic heterocycles. The van der Waals surface area contributed by atoms with Crippen LogP contribution in [0.5, 0.6) is 0 Å². The Morgan fingerprint density at radius 1 is 1.17 bits per heavy atom. The Hall–Kier alpha value is -2.91. The smallest absolute Gasteiger partial charge is 0.279 e. The van der Waals surface area contributed by atoms with E-state index in [0.29, 0.717) is 34.7 Å². The molecule has 0 bridgehead atoms. The summed E-state index contributed by atoms with van der Waals surface area (Å²) in [5, 5.41) is 8.98. The largest absolute Gasteiger partial charge is 0.394 e. The van der Waals surface area contributed by atoms with Crippen LogP contribution in [0, 0.1) is 13.8 Å². The van der Waals surface area contributed by atoms with Crippen LogP contribution < -0.4 is 11.3 Å². The van der Waals surface area contributed by atoms with Crippen molar-refractivity contribution in [3.05, 3.63) is 40.1 Å². The van der Waals surface area contributed by atoms with Crippen LogP contribution in [0.2, 0.25) is 0 Å². The molecule has 3 aromatic heterocycles. The molecule has 0 saturated heterocycles. The summed E-state index contributed by atoms with van der Waals surface area (Å²) < 4.78 is 7.40. The monoisotopic (exact) mass is 410 g/mol. The molecule has 0 unspecified atom stereocenters. The van der Waals surface area contributed by atoms with Gasteiger partial charge in [-0.25, -0.2) is 9.97 Å². The van der Waals surface area contributed by atoms with Crippen LogP contribution in [0.25, 0.3) is 22.4 Å². The fourth-order valence-electron chi connectivity index (χ4n) is 4.07. The van der Waals surface area contributed by atoms with Gasteiger partial charge in [0.05, 0.1) is 25.0 Å². The minimum atomic E-state index is -0.203. The van der Waals surface area contributed by atoms with Crippen molar-refractivity contribution in [3.8, 4) is 11.3 Å². The molecular formula is C21H26N6O3. The van der Waals surface area contributed by atoms with E-state index < -0.39 is 0 Å². The molecule has 1 saturated carbocycles. The first kappa shape index (κ1) is 20.4. The second-order valence-electron chi connectivity index (χ2n) is 7.69. The summed E-state index contributed by atoms with van der Waals surface area (Å²) >= 11 is 0. The molecular weight excluding hydrogens is 384 g/mol. The summed E-state index contributed by atoms with van der Waals surface area (Å²) in [5.74, 6) is 0.125. The van der Waals surface area contributed by atoms with Crippen molar-refractivity contribution in [1.82, 2.24) is 24.5 Å². The van der Waals surface area contributed by atoms with E-state index in [2.05, 4.69) is 19.9 Å². The summed E-state index contributed by atoms with van der Waals surface area (Å²) in [5.41, 5.74) is 9.23. The van der Waals surface area contributed by atoms with Gasteiger partial charge in [-0.1, -0.05) is 0 Å². The number of nitrogen functional groups attached to an aromatic ring is 1. The molecule has 0 amide bonds. The molecule has 4 rings (SSSR count). The summed E-state index contributed by atoms with van der Waals surface area (Å²) in [7, 11) is 0. The number of ether oxygens (including phenoxy) is 1. The number of nitrogens with zero attached hydrogens (tertiary/aromatic N) is 5. The Labute approximate surface area is 174 Å². The number of anilines is 1. The van der Waals surface area contributed by atoms with Gasteiger partial charge < -0.3 is 15.6 Å². The molecule has 3 heterocycles. The summed E-state index contributed by atoms with van der Waals surface area (Å²) in [4.78, 5) is 31.1. The van der Waals surface area contributed by atoms with Crippen LogP contribution in [0.4, 0.5) is 5.95 Å². The van der Waals surface area contributed by atoms with Gasteiger partial charge in [0, 0.05) is 23.5 Å². The van der Waals surface area contributed by atoms with E-state index in [9.17, 15) is 4.79 Å². The van der Waals surface area contributed by atoms with Crippen molar-refractivity contribution >= 4 is 17.1 Å². The SMILES string of the molecule is Cc1ccc(-c2nc3c(C)nc(N)nc3n(C3CCC(OCCO)CC3)c2=O)cn1. The Kier molecular flexibility index (Phi) is 5.74. The standard InChI is InChI=1S/C21H26N6O3/c1-12-3-4-14(11-23-12)18-20(29)27(15-5-7-16(8-6-15)30-10-9-28)19-17(25-18)13(2)24-21(22)26-19/h3-4,11,15-16,28H,5-10H2,1-2H3,(H2,22,24,26). The minimum absolute atomic E-state index is 0.0117. The molecule has 0 spiro atoms. The highest BCUT2D eigenvalue weighted by molar-refractivity contribution is 5.77. The van der Waals surface area contributed by atoms with E-state index in [4.69, 9.17) is 15.6 Å². The predicted octanol–water partition coefficient (Wildman–Crippen LogP) is 1.94. The number of aliphatic hydroxyl groups excluding tert-OH is 1. The van der Waals surface area contributed by atoms with Gasteiger partial charge in [0.1, 0.15) is 11.2 Å². The molecule has 9 nitrogen and oxygen atoms in total. The summed E-state index contributed by atoms with van der Waals surface area (Å²) in [6, 6.07) is 3.68. The molecule has 9 heteroatoms. The lowest BCUT2D eigenvalue weighted by Crippen LogP contribution is -2.33. The fourth-order valence-corrected chi connectivity index (χ4v) is 4.07. The Bertz CT molecular complexity index is 1100. The average molecular weight is 410 g/mol. The maximum Gasteiger partial charge on any atom is 0.279 e. The number of fused-ring (bicyclic) bond motifs is 1. The molecule has 1 fully saturated rings. The normalized spacial score (nSPS) is 19.3. The van der Waals surface area contributed by atoms with E-state index in [-0.39, 0.29) is 30.3 Å². The van der Waals surface area contributed by atoms with Crippen LogP contribution in [-0.4, -0.2) is 48.9 Å². The first-order valence-corrected chi connectivity index (χ1v) is 10.2. The second-order valence-corrected chi connectivity index (χ2v) is 7.69. The van der Waals surface area contributed by atoms with Gasteiger partial charge in [0.15, 0.2) is 5.65 Å². The van der Waals surface area contributed by atoms with Crippen LogP contribution in [0.15, 0.2) is 23.1 Å². The predicted molar refractivity (Wildman–Crippen MR) is 113 cm³/mol. The van der Waals surface area contributed by atoms with Gasteiger partial charge in [-0.2, -0.15) is 4.98 Å². The van der Waals surface area contributed by atoms with Gasteiger partial charge in [-0.3, -0.25) is 14.3 Å². The van der Waals surface area contributed by atoms with Crippen molar-refractivity contribution in [3.63, 3.8) is 0 Å². The van der Waals surface area contributed by atoms with Crippen molar-refractivity contribution in [2.24, 2.45) is 0 Å². The molecule has 30 heavy (non-hydrogen) atoms. The maximum absolute atomic E-state index is 13.6. The highest BCUT2D eigenvalue weighted by Gasteiger charge is 2.27. The topological polar surface area (TPSA) is 129 Å². The van der Waals surface area contributed by atoms with E-state index in [1.807, 2.05) is 26.0 Å². The van der Waals surface area contributed by atoms with E-state index in [1.54, 1.807) is 10.8 Å². The lowest BCUT2D eigenvalue weighted by molar-refractivity contribution is 0.00168. The van der Waals surface area contributed by atoms with Crippen molar-refractivity contribution in [2.45, 2.75) is 51.7 Å². The number of aliphatic hydroxyl groups is 1. The fraction of sp³-hybridized carbons (Fsp3) is 0.476. The van der Waals surface area contributed by atoms with Gasteiger partial charge in [-0.05, 0) is 51.7 Å². The number of aromatic nitrogens is 5. The third kappa shape index (κ3) is 3.90. The molecule has 1 aliphatic rings. The third-order valence-corrected chi connectivity index (χ3v) is 5.57. The number of hydrogen-bond acceptors (Lipinski definition) is 8. The quantitative estimate of drug-likeness (QED) is 0.653. The molecule has 0 aromatic carbocycles. The highest BCUT2D eigenvalue weighted by Crippen LogP contribution is 2.32. The zero-order valence-electron chi connectivity index (χ0n) is 17.2. The second kappa shape index (κ2) is 8.45. The van der Waals surface area contributed by atoms with Crippen LogP contribution >= 0.6 is 0 Å². The average Bonchev–Trinajstić information content (AvgIpc) is 2.73. The lowest BCUT2D eigenvalue weighted by Gasteiger charge is -2.30. The molecule has 1 aliphatic carbocycles. The van der Waals surface area contributed by atoms with Crippen molar-refractivity contribution in [1.29, 1.82) is 0 Å². The van der Waals surface area contributed by atoms with Gasteiger partial charge in [-0.15, -0.1) is 0 Å². The van der Waals surface area contributed by atoms with E-state index >= 15 is 0 Å². The Morgan fingerprint density at radius 2 is 1.93 bits per heavy atom. The maximum atomic E-state index is 13.6. The van der Waals surface area contributed by atoms with Gasteiger partial charge in [0.2, 0.25) is 5.95 Å². The molecule has 3 N–H and O–H groups in total. The first-order chi connectivity index (χ1) is 14.5. The number of rotatable bonds is 5. The number of pyridine rings is 1. The van der Waals surface area contributed by atoms with Crippen molar-refractivity contribution in [2.75, 3.05) is 18.9 Å². The minimum Gasteiger partial charge on any atom is -0.394 e. The van der Waals surface area contributed by atoms with Crippen LogP contribution in [-0.2, 0) is 4.74 Å². The highest BCUT2D eigenvalue weighted by atomic mass is 16.5. The number of nitrogens with two attached hydrogens (primary N) is 1. The summed E-state index contributed by atoms with van der Waals surface area (Å²) in [6.07, 6.45) is 4.92. The van der Waals surface area contributed by atoms with Gasteiger partial charge >= 0.3 is 0 Å². The lowest BCUT2D eigenvalue weighted by atomic mass is 9.92. The number of hydrogen-bond donors (Lipinski definition) is 2. The third-order valence-electron chi connectivity index (χ3n) is 5.57. The molecule has 0 atom stereocenters. The number of aryl methyl sites for hydroxylation is 2.